The Hall–Kier alpha value is -2.46. The normalized spacial score (nSPS) is 17.1. The van der Waals surface area contributed by atoms with Gasteiger partial charge in [-0.2, -0.15) is 0 Å². The molecular weight excluding hydrogens is 512 g/mol. The predicted octanol–water partition coefficient (Wildman–Crippen LogP) is 3.33. The van der Waals surface area contributed by atoms with E-state index in [-0.39, 0.29) is 19.3 Å². The number of unbranched alkanes of at least 4 members (excludes halogenated alkanes) is 2. The fraction of sp³-hybridized carbons (Fsp3) is 0.562. The van der Waals surface area contributed by atoms with Crippen LogP contribution in [0.15, 0.2) is 60.7 Å². The minimum atomic E-state index is -2.41. The van der Waals surface area contributed by atoms with E-state index in [2.05, 4.69) is 13.8 Å². The van der Waals surface area contributed by atoms with Gasteiger partial charge in [0.2, 0.25) is 0 Å². The van der Waals surface area contributed by atoms with Crippen LogP contribution >= 0.6 is 0 Å². The van der Waals surface area contributed by atoms with E-state index >= 15 is 0 Å². The molecule has 2 aromatic carbocycles. The standard InChI is InChI=1S/C32H48O8/c1-4-7-18-31(37,21-24-10-14-26(15-11-24)39-19-8-5-2)30(36)32(38,29(35)28(34)23-33)22-25-12-16-27(17-13-25)40-20-9-6-3/h4,7,10-17,28-30,33-38H,5-6,8-9,18-23H2,1-3H3/b7-4+/t28-,29+,30+,31?,32+/m0/s1. The lowest BCUT2D eigenvalue weighted by Crippen LogP contribution is -2.66. The fourth-order valence-corrected chi connectivity index (χ4v) is 4.62. The molecule has 224 valence electrons. The van der Waals surface area contributed by atoms with Gasteiger partial charge in [-0.25, -0.2) is 0 Å². The van der Waals surface area contributed by atoms with Crippen LogP contribution in [0.1, 0.15) is 64.0 Å². The number of aliphatic hydroxyl groups is 6. The van der Waals surface area contributed by atoms with Crippen molar-refractivity contribution in [3.8, 4) is 11.5 Å². The molecule has 0 aliphatic carbocycles. The van der Waals surface area contributed by atoms with Crippen molar-refractivity contribution in [2.75, 3.05) is 19.8 Å². The molecule has 1 unspecified atom stereocenters. The van der Waals surface area contributed by atoms with E-state index in [0.29, 0.717) is 35.8 Å². The summed E-state index contributed by atoms with van der Waals surface area (Å²) >= 11 is 0. The molecule has 0 amide bonds. The van der Waals surface area contributed by atoms with E-state index in [1.807, 2.05) is 0 Å². The summed E-state index contributed by atoms with van der Waals surface area (Å²) in [4.78, 5) is 0. The first-order valence-electron chi connectivity index (χ1n) is 14.3. The van der Waals surface area contributed by atoms with E-state index in [4.69, 9.17) is 9.47 Å². The van der Waals surface area contributed by atoms with Crippen LogP contribution in [0.25, 0.3) is 0 Å². The Bertz CT molecular complexity index is 993. The van der Waals surface area contributed by atoms with E-state index in [9.17, 15) is 30.6 Å². The maximum atomic E-state index is 11.8. The number of ether oxygens (including phenoxy) is 2. The molecule has 0 bridgehead atoms. The second-order valence-electron chi connectivity index (χ2n) is 10.5. The van der Waals surface area contributed by atoms with Crippen molar-refractivity contribution in [2.45, 2.75) is 95.2 Å². The number of benzene rings is 2. The van der Waals surface area contributed by atoms with Gasteiger partial charge in [0.05, 0.1) is 19.8 Å². The quantitative estimate of drug-likeness (QED) is 0.114. The van der Waals surface area contributed by atoms with Gasteiger partial charge in [0.1, 0.15) is 41.0 Å². The Morgan fingerprint density at radius 2 is 1.25 bits per heavy atom. The van der Waals surface area contributed by atoms with E-state index in [1.165, 1.54) is 0 Å². The van der Waals surface area contributed by atoms with Gasteiger partial charge in [0.15, 0.2) is 0 Å². The zero-order valence-electron chi connectivity index (χ0n) is 24.1. The molecule has 40 heavy (non-hydrogen) atoms. The molecule has 0 spiro atoms. The van der Waals surface area contributed by atoms with Gasteiger partial charge in [0, 0.05) is 12.8 Å². The third-order valence-corrected chi connectivity index (χ3v) is 7.13. The van der Waals surface area contributed by atoms with E-state index in [1.54, 1.807) is 67.6 Å². The highest BCUT2D eigenvalue weighted by Crippen LogP contribution is 2.35. The molecule has 8 heteroatoms. The van der Waals surface area contributed by atoms with Crippen LogP contribution in [0.2, 0.25) is 0 Å². The van der Waals surface area contributed by atoms with Gasteiger partial charge in [-0.15, -0.1) is 0 Å². The van der Waals surface area contributed by atoms with Crippen LogP contribution < -0.4 is 9.47 Å². The topological polar surface area (TPSA) is 140 Å². The molecule has 0 radical (unpaired) electrons. The summed E-state index contributed by atoms with van der Waals surface area (Å²) in [5, 5.41) is 66.1. The average molecular weight is 561 g/mol. The molecule has 0 aromatic heterocycles. The zero-order valence-corrected chi connectivity index (χ0v) is 24.1. The first-order valence-corrected chi connectivity index (χ1v) is 14.3. The van der Waals surface area contributed by atoms with Crippen molar-refractivity contribution in [3.05, 3.63) is 71.8 Å². The highest BCUT2D eigenvalue weighted by molar-refractivity contribution is 5.31. The van der Waals surface area contributed by atoms with Crippen LogP contribution in [0, 0.1) is 0 Å². The third-order valence-electron chi connectivity index (χ3n) is 7.13. The van der Waals surface area contributed by atoms with Crippen molar-refractivity contribution in [1.82, 2.24) is 0 Å². The Balaban J connectivity index is 2.37. The van der Waals surface area contributed by atoms with Crippen molar-refractivity contribution in [3.63, 3.8) is 0 Å². The van der Waals surface area contributed by atoms with Crippen LogP contribution in [0.3, 0.4) is 0 Å². The van der Waals surface area contributed by atoms with Crippen LogP contribution in [0.5, 0.6) is 11.5 Å². The van der Waals surface area contributed by atoms with E-state index in [0.717, 1.165) is 25.7 Å². The molecular formula is C32H48O8. The Morgan fingerprint density at radius 1 is 0.775 bits per heavy atom. The first kappa shape index (κ1) is 33.7. The Labute approximate surface area is 238 Å². The highest BCUT2D eigenvalue weighted by atomic mass is 16.5. The number of hydrogen-bond acceptors (Lipinski definition) is 8. The summed E-state index contributed by atoms with van der Waals surface area (Å²) in [6.07, 6.45) is 1.26. The Morgan fingerprint density at radius 3 is 1.68 bits per heavy atom. The lowest BCUT2D eigenvalue weighted by Gasteiger charge is -2.46. The zero-order chi connectivity index (χ0) is 29.6. The number of aliphatic hydroxyl groups excluding tert-OH is 4. The van der Waals surface area contributed by atoms with Crippen LogP contribution in [-0.4, -0.2) is 80.0 Å². The van der Waals surface area contributed by atoms with Gasteiger partial charge in [-0.1, -0.05) is 63.1 Å². The molecule has 0 fully saturated rings. The largest absolute Gasteiger partial charge is 0.494 e. The van der Waals surface area contributed by atoms with Crippen molar-refractivity contribution in [2.24, 2.45) is 0 Å². The minimum Gasteiger partial charge on any atom is -0.494 e. The molecule has 2 rings (SSSR count). The van der Waals surface area contributed by atoms with Gasteiger partial charge in [-0.05, 0) is 61.6 Å². The summed E-state index contributed by atoms with van der Waals surface area (Å²) in [6, 6.07) is 14.0. The molecule has 0 saturated heterocycles. The van der Waals surface area contributed by atoms with Crippen LogP contribution in [0.4, 0.5) is 0 Å². The highest BCUT2D eigenvalue weighted by Gasteiger charge is 2.54. The summed E-state index contributed by atoms with van der Waals surface area (Å²) in [5.41, 5.74) is -3.12. The minimum absolute atomic E-state index is 0.0339. The second kappa shape index (κ2) is 16.7. The number of allylic oxidation sites excluding steroid dienone is 1. The lowest BCUT2D eigenvalue weighted by atomic mass is 9.72. The second-order valence-corrected chi connectivity index (χ2v) is 10.5. The molecule has 2 aromatic rings. The third kappa shape index (κ3) is 9.58. The van der Waals surface area contributed by atoms with Gasteiger partial charge < -0.3 is 40.1 Å². The molecule has 0 aliphatic rings. The van der Waals surface area contributed by atoms with Gasteiger partial charge in [0.25, 0.3) is 0 Å². The van der Waals surface area contributed by atoms with Crippen molar-refractivity contribution >= 4 is 0 Å². The van der Waals surface area contributed by atoms with Crippen molar-refractivity contribution in [1.29, 1.82) is 0 Å². The summed E-state index contributed by atoms with van der Waals surface area (Å²) in [5.74, 6) is 1.33. The summed E-state index contributed by atoms with van der Waals surface area (Å²) in [7, 11) is 0. The fourth-order valence-electron chi connectivity index (χ4n) is 4.62. The summed E-state index contributed by atoms with van der Waals surface area (Å²) < 4.78 is 11.4. The Kier molecular flexibility index (Phi) is 14.1. The monoisotopic (exact) mass is 560 g/mol. The van der Waals surface area contributed by atoms with E-state index < -0.39 is 36.1 Å². The molecule has 0 aliphatic heterocycles. The predicted molar refractivity (Wildman–Crippen MR) is 156 cm³/mol. The van der Waals surface area contributed by atoms with Crippen LogP contribution in [-0.2, 0) is 12.8 Å². The number of hydrogen-bond donors (Lipinski definition) is 6. The molecule has 6 N–H and O–H groups in total. The maximum absolute atomic E-state index is 11.8. The molecule has 5 atom stereocenters. The SMILES string of the molecule is C/C=C/CC(O)(Cc1ccc(OCCCC)cc1)[C@@H](O)[C@@](O)(Cc1ccc(OCCCC)cc1)[C@H](O)[C@@H](O)CO. The van der Waals surface area contributed by atoms with Gasteiger partial charge >= 0.3 is 0 Å². The average Bonchev–Trinajstić information content (AvgIpc) is 2.96. The smallest absolute Gasteiger partial charge is 0.126 e. The maximum Gasteiger partial charge on any atom is 0.126 e. The first-order chi connectivity index (χ1) is 19.1. The van der Waals surface area contributed by atoms with Gasteiger partial charge in [-0.3, -0.25) is 0 Å². The number of rotatable bonds is 19. The van der Waals surface area contributed by atoms with Crippen molar-refractivity contribution < 1.29 is 40.1 Å². The molecule has 0 heterocycles. The molecule has 0 saturated carbocycles. The summed E-state index contributed by atoms with van der Waals surface area (Å²) in [6.45, 7) is 6.26. The lowest BCUT2D eigenvalue weighted by molar-refractivity contribution is -0.228. The molecule has 8 nitrogen and oxygen atoms in total.